The lowest BCUT2D eigenvalue weighted by Crippen LogP contribution is -2.62. The molecule has 3 N–H and O–H groups in total. The number of hydrogen-bond acceptors (Lipinski definition) is 7. The van der Waals surface area contributed by atoms with E-state index >= 15 is 0 Å². The summed E-state index contributed by atoms with van der Waals surface area (Å²) in [5.74, 6) is -0.660. The molecule has 1 aliphatic heterocycles. The van der Waals surface area contributed by atoms with Crippen molar-refractivity contribution in [2.24, 2.45) is 5.92 Å². The first-order chi connectivity index (χ1) is 18.3. The molecule has 3 rings (SSSR count). The molecule has 1 aliphatic rings. The first-order valence-corrected chi connectivity index (χ1v) is 13.2. The van der Waals surface area contributed by atoms with E-state index in [0.717, 1.165) is 11.1 Å². The van der Waals surface area contributed by atoms with Crippen LogP contribution in [0.4, 0.5) is 4.79 Å². The van der Waals surface area contributed by atoms with E-state index in [2.05, 4.69) is 25.8 Å². The minimum absolute atomic E-state index is 0.146. The number of nitrogens with zero attached hydrogens (tertiary/aromatic N) is 3. The smallest absolute Gasteiger partial charge is 0.409 e. The quantitative estimate of drug-likeness (QED) is 0.410. The molecule has 1 aromatic carbocycles. The van der Waals surface area contributed by atoms with Gasteiger partial charge in [0.15, 0.2) is 6.23 Å². The summed E-state index contributed by atoms with van der Waals surface area (Å²) in [6, 6.07) is 12.7. The zero-order valence-corrected chi connectivity index (χ0v) is 22.7. The molecule has 0 saturated carbocycles. The Balaban J connectivity index is 1.69. The second-order valence-corrected chi connectivity index (χ2v) is 9.89. The van der Waals surface area contributed by atoms with Crippen LogP contribution >= 0.6 is 0 Å². The predicted octanol–water partition coefficient (Wildman–Crippen LogP) is 1.77. The number of carbonyl (C=O) groups excluding carboxylic acids is 3. The van der Waals surface area contributed by atoms with Gasteiger partial charge in [-0.3, -0.25) is 19.5 Å². The van der Waals surface area contributed by atoms with E-state index in [9.17, 15) is 14.4 Å². The molecule has 38 heavy (non-hydrogen) atoms. The van der Waals surface area contributed by atoms with Crippen molar-refractivity contribution in [3.8, 4) is 0 Å². The average Bonchev–Trinajstić information content (AvgIpc) is 2.92. The number of amides is 3. The molecular formula is C28H40N6O4. The van der Waals surface area contributed by atoms with Crippen molar-refractivity contribution in [1.82, 2.24) is 30.7 Å². The maximum Gasteiger partial charge on any atom is 0.409 e. The average molecular weight is 525 g/mol. The van der Waals surface area contributed by atoms with Gasteiger partial charge in [-0.25, -0.2) is 4.79 Å². The Morgan fingerprint density at radius 2 is 1.74 bits per heavy atom. The number of likely N-dealkylation sites (N-methyl/N-ethyl adjacent to an activating group) is 1. The van der Waals surface area contributed by atoms with E-state index in [0.29, 0.717) is 39.1 Å². The number of rotatable bonds is 11. The van der Waals surface area contributed by atoms with Crippen LogP contribution in [0.5, 0.6) is 0 Å². The topological polar surface area (TPSA) is 116 Å². The van der Waals surface area contributed by atoms with Crippen LogP contribution in [0.2, 0.25) is 0 Å². The summed E-state index contributed by atoms with van der Waals surface area (Å²) in [4.78, 5) is 46.8. The van der Waals surface area contributed by atoms with Crippen LogP contribution < -0.4 is 16.0 Å². The third-order valence-corrected chi connectivity index (χ3v) is 6.68. The van der Waals surface area contributed by atoms with Gasteiger partial charge in [0.25, 0.3) is 0 Å². The third-order valence-electron chi connectivity index (χ3n) is 6.68. The second kappa shape index (κ2) is 14.4. The third kappa shape index (κ3) is 8.53. The van der Waals surface area contributed by atoms with Crippen LogP contribution in [0.1, 0.15) is 31.9 Å². The summed E-state index contributed by atoms with van der Waals surface area (Å²) >= 11 is 0. The first-order valence-electron chi connectivity index (χ1n) is 13.2. The van der Waals surface area contributed by atoms with Gasteiger partial charge in [0.2, 0.25) is 11.8 Å². The number of pyridine rings is 1. The number of alkyl carbamates (subject to hydrolysis) is 1. The molecule has 1 aromatic heterocycles. The Kier molecular flexibility index (Phi) is 11.0. The summed E-state index contributed by atoms with van der Waals surface area (Å²) in [5.41, 5.74) is 2.19. The number of hydrogen-bond donors (Lipinski definition) is 3. The number of aromatic nitrogens is 1. The maximum atomic E-state index is 13.7. The zero-order valence-electron chi connectivity index (χ0n) is 22.7. The van der Waals surface area contributed by atoms with E-state index in [1.807, 2.05) is 56.3 Å². The Hall–Kier alpha value is -3.50. The summed E-state index contributed by atoms with van der Waals surface area (Å²) in [6.07, 6.45) is 2.68. The van der Waals surface area contributed by atoms with Crippen molar-refractivity contribution < 1.29 is 19.1 Å². The molecule has 2 heterocycles. The number of carbonyl (C=O) groups is 3. The molecule has 10 heteroatoms. The highest BCUT2D eigenvalue weighted by molar-refractivity contribution is 5.90. The van der Waals surface area contributed by atoms with Crippen molar-refractivity contribution in [2.75, 3.05) is 33.2 Å². The Morgan fingerprint density at radius 1 is 1.03 bits per heavy atom. The first kappa shape index (κ1) is 29.1. The molecule has 0 radical (unpaired) electrons. The number of nitrogens with one attached hydrogen (secondary N) is 3. The number of benzene rings is 1. The molecule has 2 aromatic rings. The SMILES string of the molecule is CN[C@@H](C)C(=O)N[C@H](C(=O)N1CCN(Cc2ccccc2)C[C@@H]1OC(=O)NCCc1ccncc1)C(C)C. The molecule has 0 bridgehead atoms. The monoisotopic (exact) mass is 524 g/mol. The summed E-state index contributed by atoms with van der Waals surface area (Å²) < 4.78 is 5.81. The van der Waals surface area contributed by atoms with Crippen molar-refractivity contribution >= 4 is 17.9 Å². The van der Waals surface area contributed by atoms with Gasteiger partial charge in [-0.1, -0.05) is 44.2 Å². The molecule has 3 amide bonds. The summed E-state index contributed by atoms with van der Waals surface area (Å²) in [6.45, 7) is 7.95. The van der Waals surface area contributed by atoms with Gasteiger partial charge >= 0.3 is 6.09 Å². The molecule has 0 unspecified atom stereocenters. The Labute approximate surface area is 225 Å². The fourth-order valence-electron chi connectivity index (χ4n) is 4.27. The zero-order chi connectivity index (χ0) is 27.5. The Bertz CT molecular complexity index is 1040. The summed E-state index contributed by atoms with van der Waals surface area (Å²) in [7, 11) is 1.69. The minimum atomic E-state index is -0.791. The second-order valence-electron chi connectivity index (χ2n) is 9.89. The highest BCUT2D eigenvalue weighted by Gasteiger charge is 2.38. The molecule has 1 saturated heterocycles. The van der Waals surface area contributed by atoms with Gasteiger partial charge in [-0.15, -0.1) is 0 Å². The van der Waals surface area contributed by atoms with Crippen LogP contribution in [0.3, 0.4) is 0 Å². The fraction of sp³-hybridized carbons (Fsp3) is 0.500. The highest BCUT2D eigenvalue weighted by Crippen LogP contribution is 2.18. The van der Waals surface area contributed by atoms with E-state index < -0.39 is 24.4 Å². The van der Waals surface area contributed by atoms with Crippen molar-refractivity contribution in [3.63, 3.8) is 0 Å². The molecule has 1 fully saturated rings. The lowest BCUT2D eigenvalue weighted by Gasteiger charge is -2.42. The van der Waals surface area contributed by atoms with E-state index in [-0.39, 0.29) is 17.7 Å². The van der Waals surface area contributed by atoms with Crippen molar-refractivity contribution in [1.29, 1.82) is 0 Å². The van der Waals surface area contributed by atoms with E-state index in [1.54, 1.807) is 31.3 Å². The highest BCUT2D eigenvalue weighted by atomic mass is 16.6. The predicted molar refractivity (Wildman–Crippen MR) is 145 cm³/mol. The largest absolute Gasteiger partial charge is 0.424 e. The standard InChI is InChI=1S/C28H40N6O4/c1-20(2)25(32-26(35)21(3)29-4)27(36)34-17-16-33(18-23-8-6-5-7-9-23)19-24(34)38-28(37)31-15-12-22-10-13-30-14-11-22/h5-11,13-14,20-21,24-25,29H,12,15-19H2,1-4H3,(H,31,37)(H,32,35)/t21-,24-,25-/m0/s1. The van der Waals surface area contributed by atoms with Crippen molar-refractivity contribution in [3.05, 3.63) is 66.0 Å². The molecule has 0 spiro atoms. The van der Waals surface area contributed by atoms with Gasteiger partial charge in [-0.2, -0.15) is 0 Å². The number of piperazine rings is 1. The Morgan fingerprint density at radius 3 is 2.39 bits per heavy atom. The maximum absolute atomic E-state index is 13.7. The minimum Gasteiger partial charge on any atom is -0.424 e. The summed E-state index contributed by atoms with van der Waals surface area (Å²) in [5, 5.41) is 8.57. The molecule has 0 aliphatic carbocycles. The fourth-order valence-corrected chi connectivity index (χ4v) is 4.27. The molecule has 10 nitrogen and oxygen atoms in total. The normalized spacial score (nSPS) is 17.5. The number of ether oxygens (including phenoxy) is 1. The van der Waals surface area contributed by atoms with Crippen LogP contribution in [-0.2, 0) is 27.3 Å². The van der Waals surface area contributed by atoms with Crippen LogP contribution in [0.25, 0.3) is 0 Å². The molecule has 206 valence electrons. The van der Waals surface area contributed by atoms with Crippen molar-refractivity contribution in [2.45, 2.75) is 52.0 Å². The van der Waals surface area contributed by atoms with Crippen LogP contribution in [0.15, 0.2) is 54.9 Å². The van der Waals surface area contributed by atoms with Gasteiger partial charge in [0.05, 0.1) is 12.6 Å². The van der Waals surface area contributed by atoms with Crippen LogP contribution in [-0.4, -0.2) is 84.2 Å². The van der Waals surface area contributed by atoms with Crippen LogP contribution in [0, 0.1) is 5.92 Å². The van der Waals surface area contributed by atoms with E-state index in [1.165, 1.54) is 0 Å². The van der Waals surface area contributed by atoms with E-state index in [4.69, 9.17) is 4.74 Å². The molecular weight excluding hydrogens is 484 g/mol. The molecule has 3 atom stereocenters. The lowest BCUT2D eigenvalue weighted by molar-refractivity contribution is -0.153. The van der Waals surface area contributed by atoms with Gasteiger partial charge in [0, 0.05) is 38.6 Å². The lowest BCUT2D eigenvalue weighted by atomic mass is 10.0. The van der Waals surface area contributed by atoms with Gasteiger partial charge in [-0.05, 0) is 49.6 Å². The van der Waals surface area contributed by atoms with Gasteiger partial charge < -0.3 is 25.6 Å². The van der Waals surface area contributed by atoms with Gasteiger partial charge in [0.1, 0.15) is 6.04 Å².